The van der Waals surface area contributed by atoms with E-state index in [0.29, 0.717) is 19.5 Å². The van der Waals surface area contributed by atoms with Crippen LogP contribution in [0.15, 0.2) is 0 Å². The molecule has 86 valence electrons. The number of nitrogens with zero attached hydrogens (tertiary/aromatic N) is 1. The number of hydrogen-bond acceptors (Lipinski definition) is 5. The Bertz CT molecular complexity index is 244. The summed E-state index contributed by atoms with van der Waals surface area (Å²) in [5.74, 6) is -0.400. The van der Waals surface area contributed by atoms with Gasteiger partial charge in [-0.05, 0) is 13.3 Å². The Hall–Kier alpha value is -1.14. The van der Waals surface area contributed by atoms with Crippen molar-refractivity contribution in [3.8, 4) is 0 Å². The maximum absolute atomic E-state index is 11.3. The summed E-state index contributed by atoms with van der Waals surface area (Å²) in [6.45, 7) is 3.19. The molecule has 0 aromatic carbocycles. The number of imide groups is 1. The lowest BCUT2D eigenvalue weighted by atomic mass is 10.3. The second kappa shape index (κ2) is 5.67. The third-order valence-corrected chi connectivity index (χ3v) is 2.13. The van der Waals surface area contributed by atoms with E-state index in [4.69, 9.17) is 0 Å². The largest absolute Gasteiger partial charge is 0.450 e. The van der Waals surface area contributed by atoms with E-state index in [1.807, 2.05) is 0 Å². The monoisotopic (exact) mass is 216 g/mol. The number of ether oxygens (including phenoxy) is 1. The smallest absolute Gasteiger partial charge is 0.413 e. The van der Waals surface area contributed by atoms with Crippen molar-refractivity contribution in [3.63, 3.8) is 0 Å². The summed E-state index contributed by atoms with van der Waals surface area (Å²) in [6.07, 6.45) is -0.408. The van der Waals surface area contributed by atoms with E-state index in [9.17, 15) is 14.7 Å². The Morgan fingerprint density at radius 3 is 2.87 bits per heavy atom. The Morgan fingerprint density at radius 1 is 1.60 bits per heavy atom. The summed E-state index contributed by atoms with van der Waals surface area (Å²) in [6, 6.07) is 0. The average molecular weight is 216 g/mol. The van der Waals surface area contributed by atoms with Gasteiger partial charge in [0.2, 0.25) is 5.91 Å². The summed E-state index contributed by atoms with van der Waals surface area (Å²) in [4.78, 5) is 23.9. The third kappa shape index (κ3) is 4.26. The molecule has 0 aliphatic carbocycles. The van der Waals surface area contributed by atoms with Gasteiger partial charge in [0.05, 0.1) is 19.3 Å². The molecule has 0 aromatic rings. The van der Waals surface area contributed by atoms with Gasteiger partial charge >= 0.3 is 6.09 Å². The molecule has 15 heavy (non-hydrogen) atoms. The lowest BCUT2D eigenvalue weighted by Gasteiger charge is -2.13. The summed E-state index contributed by atoms with van der Waals surface area (Å²) >= 11 is 0. The van der Waals surface area contributed by atoms with Crippen molar-refractivity contribution >= 4 is 12.0 Å². The van der Waals surface area contributed by atoms with Crippen molar-refractivity contribution in [1.82, 2.24) is 10.2 Å². The first-order valence-electron chi connectivity index (χ1n) is 4.99. The quantitative estimate of drug-likeness (QED) is 0.654. The second-order valence-electron chi connectivity index (χ2n) is 3.45. The first-order valence-corrected chi connectivity index (χ1v) is 4.99. The minimum atomic E-state index is -0.720. The van der Waals surface area contributed by atoms with E-state index in [1.54, 1.807) is 11.8 Å². The summed E-state index contributed by atoms with van der Waals surface area (Å²) in [5, 5.41) is 11.3. The summed E-state index contributed by atoms with van der Waals surface area (Å²) in [5.41, 5.74) is 0. The van der Waals surface area contributed by atoms with Crippen LogP contribution in [0, 0.1) is 0 Å². The number of aliphatic hydroxyl groups is 1. The Balaban J connectivity index is 2.21. The molecule has 1 fully saturated rings. The topological polar surface area (TPSA) is 78.9 Å². The van der Waals surface area contributed by atoms with Gasteiger partial charge in [0.25, 0.3) is 0 Å². The van der Waals surface area contributed by atoms with Gasteiger partial charge < -0.3 is 9.84 Å². The van der Waals surface area contributed by atoms with Crippen LogP contribution in [0.2, 0.25) is 0 Å². The van der Waals surface area contributed by atoms with Crippen LogP contribution in [0.4, 0.5) is 4.79 Å². The number of carbonyl (C=O) groups is 2. The molecular weight excluding hydrogens is 200 g/mol. The number of carbonyl (C=O) groups excluding carboxylic acids is 2. The molecule has 0 spiro atoms. The van der Waals surface area contributed by atoms with Crippen molar-refractivity contribution in [3.05, 3.63) is 0 Å². The van der Waals surface area contributed by atoms with Gasteiger partial charge in [-0.3, -0.25) is 15.0 Å². The Labute approximate surface area is 88.2 Å². The molecule has 0 saturated carbocycles. The summed E-state index contributed by atoms with van der Waals surface area (Å²) in [7, 11) is 0. The molecule has 2 N–H and O–H groups in total. The maximum Gasteiger partial charge on any atom is 0.413 e. The lowest BCUT2D eigenvalue weighted by molar-refractivity contribution is -0.121. The number of likely N-dealkylation sites (tertiary alicyclic amines) is 1. The maximum atomic E-state index is 11.3. The molecular formula is C9H16N2O4. The average Bonchev–Trinajstić information content (AvgIpc) is 2.51. The number of β-amino-alcohol motifs (C(OH)–C–C–N with tert-alkyl or cyclic N) is 1. The molecule has 0 radical (unpaired) electrons. The normalized spacial score (nSPS) is 21.3. The highest BCUT2D eigenvalue weighted by molar-refractivity contribution is 5.92. The molecule has 1 aliphatic rings. The van der Waals surface area contributed by atoms with Crippen LogP contribution in [-0.4, -0.2) is 54.4 Å². The number of alkyl carbamates (subject to hydrolysis) is 1. The minimum absolute atomic E-state index is 0.121. The van der Waals surface area contributed by atoms with Crippen molar-refractivity contribution in [1.29, 1.82) is 0 Å². The van der Waals surface area contributed by atoms with E-state index in [2.05, 4.69) is 10.1 Å². The first kappa shape index (κ1) is 11.9. The van der Waals surface area contributed by atoms with Crippen LogP contribution >= 0.6 is 0 Å². The van der Waals surface area contributed by atoms with Gasteiger partial charge in [-0.1, -0.05) is 0 Å². The molecule has 0 unspecified atom stereocenters. The van der Waals surface area contributed by atoms with E-state index in [0.717, 1.165) is 0 Å². The first-order chi connectivity index (χ1) is 7.11. The van der Waals surface area contributed by atoms with Gasteiger partial charge in [0.1, 0.15) is 0 Å². The molecule has 0 aromatic heterocycles. The molecule has 1 aliphatic heterocycles. The predicted octanol–water partition coefficient (Wildman–Crippen LogP) is -0.674. The molecule has 1 atom stereocenters. The van der Waals surface area contributed by atoms with Crippen molar-refractivity contribution < 1.29 is 19.4 Å². The fourth-order valence-corrected chi connectivity index (χ4v) is 1.48. The molecule has 0 bridgehead atoms. The molecule has 2 amide bonds. The zero-order chi connectivity index (χ0) is 11.3. The minimum Gasteiger partial charge on any atom is -0.450 e. The van der Waals surface area contributed by atoms with Crippen molar-refractivity contribution in [2.75, 3.05) is 26.2 Å². The van der Waals surface area contributed by atoms with E-state index >= 15 is 0 Å². The van der Waals surface area contributed by atoms with Gasteiger partial charge in [0.15, 0.2) is 0 Å². The zero-order valence-corrected chi connectivity index (χ0v) is 8.73. The predicted molar refractivity (Wildman–Crippen MR) is 52.2 cm³/mol. The number of nitrogens with one attached hydrogen (secondary N) is 1. The number of hydrogen-bond donors (Lipinski definition) is 2. The van der Waals surface area contributed by atoms with Crippen LogP contribution < -0.4 is 5.32 Å². The van der Waals surface area contributed by atoms with Crippen LogP contribution in [-0.2, 0) is 9.53 Å². The number of amides is 2. The Kier molecular flexibility index (Phi) is 4.51. The van der Waals surface area contributed by atoms with Gasteiger partial charge in [-0.15, -0.1) is 0 Å². The molecule has 6 heteroatoms. The molecule has 1 rings (SSSR count). The highest BCUT2D eigenvalue weighted by atomic mass is 16.5. The van der Waals surface area contributed by atoms with Gasteiger partial charge in [-0.25, -0.2) is 4.79 Å². The molecule has 1 heterocycles. The van der Waals surface area contributed by atoms with E-state index in [1.165, 1.54) is 0 Å². The number of aliphatic hydroxyl groups excluding tert-OH is 1. The van der Waals surface area contributed by atoms with Crippen LogP contribution in [0.5, 0.6) is 0 Å². The van der Waals surface area contributed by atoms with E-state index in [-0.39, 0.29) is 19.3 Å². The fourth-order valence-electron chi connectivity index (χ4n) is 1.48. The fraction of sp³-hybridized carbons (Fsp3) is 0.778. The zero-order valence-electron chi connectivity index (χ0n) is 8.73. The molecule has 6 nitrogen and oxygen atoms in total. The molecule has 1 saturated heterocycles. The highest BCUT2D eigenvalue weighted by Crippen LogP contribution is 2.07. The van der Waals surface area contributed by atoms with Crippen molar-refractivity contribution in [2.24, 2.45) is 0 Å². The van der Waals surface area contributed by atoms with Crippen LogP contribution in [0.1, 0.15) is 13.3 Å². The summed E-state index contributed by atoms with van der Waals surface area (Å²) < 4.78 is 4.56. The lowest BCUT2D eigenvalue weighted by Crippen LogP contribution is -2.39. The second-order valence-corrected chi connectivity index (χ2v) is 3.45. The van der Waals surface area contributed by atoms with Gasteiger partial charge in [-0.2, -0.15) is 0 Å². The highest BCUT2D eigenvalue weighted by Gasteiger charge is 2.22. The SMILES string of the molecule is CCOC(=O)NC(=O)CN1CC[C@@H](O)C1. The van der Waals surface area contributed by atoms with E-state index < -0.39 is 12.0 Å². The van der Waals surface area contributed by atoms with Gasteiger partial charge in [0, 0.05) is 13.1 Å². The third-order valence-electron chi connectivity index (χ3n) is 2.13. The van der Waals surface area contributed by atoms with Crippen LogP contribution in [0.25, 0.3) is 0 Å². The number of rotatable bonds is 3. The van der Waals surface area contributed by atoms with Crippen LogP contribution in [0.3, 0.4) is 0 Å². The van der Waals surface area contributed by atoms with Crippen molar-refractivity contribution in [2.45, 2.75) is 19.4 Å². The standard InChI is InChI=1S/C9H16N2O4/c1-2-15-9(14)10-8(13)6-11-4-3-7(12)5-11/h7,12H,2-6H2,1H3,(H,10,13,14)/t7-/m1/s1. The Morgan fingerprint density at radius 2 is 2.33 bits per heavy atom.